The fraction of sp³-hybridized carbons (Fsp3) is 0.278. The van der Waals surface area contributed by atoms with Crippen molar-refractivity contribution in [3.63, 3.8) is 0 Å². The number of carbonyl (C=O) groups excluding carboxylic acids is 1. The van der Waals surface area contributed by atoms with Gasteiger partial charge in [0.05, 0.1) is 39.3 Å². The summed E-state index contributed by atoms with van der Waals surface area (Å²) in [6, 6.07) is 12.0. The van der Waals surface area contributed by atoms with Crippen molar-refractivity contribution in [1.82, 2.24) is 30.0 Å². The number of benzene rings is 1. The predicted octanol–water partition coefficient (Wildman–Crippen LogP) is 7.43. The van der Waals surface area contributed by atoms with Gasteiger partial charge in [0.1, 0.15) is 17.3 Å². The number of fused-ring (bicyclic) bond motifs is 5. The lowest BCUT2D eigenvalue weighted by atomic mass is 9.93. The smallest absolute Gasteiger partial charge is 0.388 e. The fourth-order valence-electron chi connectivity index (χ4n) is 7.59. The van der Waals surface area contributed by atoms with E-state index in [1.807, 2.05) is 17.0 Å². The maximum atomic E-state index is 14.1. The summed E-state index contributed by atoms with van der Waals surface area (Å²) in [5, 5.41) is 10.8. The molecule has 2 atom stereocenters. The Kier molecular flexibility index (Phi) is 7.31. The molecule has 5 aromatic heterocycles. The lowest BCUT2D eigenvalue weighted by molar-refractivity contribution is -0.141. The van der Waals surface area contributed by atoms with E-state index in [1.165, 1.54) is 29.5 Å². The van der Waals surface area contributed by atoms with E-state index in [2.05, 4.69) is 25.5 Å². The van der Waals surface area contributed by atoms with Crippen molar-refractivity contribution >= 4 is 33.1 Å². The Hall–Kier alpha value is -5.44. The van der Waals surface area contributed by atoms with Gasteiger partial charge in [-0.1, -0.05) is 18.2 Å². The summed E-state index contributed by atoms with van der Waals surface area (Å²) < 4.78 is 60.0. The monoisotopic (exact) mass is 713 g/mol. The molecule has 1 aliphatic carbocycles. The molecule has 51 heavy (non-hydrogen) atoms. The van der Waals surface area contributed by atoms with Crippen molar-refractivity contribution in [2.24, 2.45) is 0 Å². The van der Waals surface area contributed by atoms with Gasteiger partial charge in [-0.3, -0.25) is 9.78 Å². The van der Waals surface area contributed by atoms with Crippen molar-refractivity contribution < 1.29 is 26.8 Å². The molecule has 2 aliphatic heterocycles. The molecule has 9 rings (SSSR count). The van der Waals surface area contributed by atoms with Crippen LogP contribution in [0.4, 0.5) is 23.4 Å². The molecular formula is C36H27F4N7O3S. The highest BCUT2D eigenvalue weighted by Crippen LogP contribution is 2.50. The molecule has 1 amide bonds. The number of hydrogen-bond acceptors (Lipinski definition) is 9. The number of amides is 1. The second-order valence-electron chi connectivity index (χ2n) is 12.9. The van der Waals surface area contributed by atoms with Crippen molar-refractivity contribution in [2.45, 2.75) is 56.8 Å². The topological polar surface area (TPSA) is 130 Å². The molecule has 15 heteroatoms. The van der Waals surface area contributed by atoms with E-state index in [9.17, 15) is 27.2 Å². The van der Waals surface area contributed by atoms with Crippen LogP contribution in [-0.4, -0.2) is 42.5 Å². The highest BCUT2D eigenvalue weighted by molar-refractivity contribution is 7.23. The molecule has 3 aliphatic rings. The summed E-state index contributed by atoms with van der Waals surface area (Å²) in [5.41, 5.74) is 3.76. The number of pyridine rings is 3. The minimum absolute atomic E-state index is 0.00137. The van der Waals surface area contributed by atoms with Crippen molar-refractivity contribution in [1.29, 1.82) is 0 Å². The minimum Gasteiger partial charge on any atom is -0.388 e. The molecule has 258 valence electrons. The number of nitrogens with zero attached hydrogens (tertiary/aromatic N) is 5. The molecule has 0 saturated carbocycles. The highest BCUT2D eigenvalue weighted by atomic mass is 32.1. The molecule has 1 aromatic carbocycles. The van der Waals surface area contributed by atoms with Gasteiger partial charge in [-0.25, -0.2) is 24.3 Å². The molecular weight excluding hydrogens is 687 g/mol. The number of aromatic nitrogens is 5. The van der Waals surface area contributed by atoms with Crippen molar-refractivity contribution in [2.75, 3.05) is 11.9 Å². The highest BCUT2D eigenvalue weighted by Gasteiger charge is 2.45. The van der Waals surface area contributed by atoms with Gasteiger partial charge < -0.3 is 14.6 Å². The molecule has 0 bridgehead atoms. The van der Waals surface area contributed by atoms with E-state index in [4.69, 9.17) is 9.40 Å². The zero-order chi connectivity index (χ0) is 35.0. The Morgan fingerprint density at radius 3 is 2.63 bits per heavy atom. The van der Waals surface area contributed by atoms with E-state index in [-0.39, 0.29) is 29.7 Å². The van der Waals surface area contributed by atoms with Crippen LogP contribution in [0, 0.1) is 5.82 Å². The number of anilines is 1. The van der Waals surface area contributed by atoms with Crippen LogP contribution in [0.3, 0.4) is 0 Å². The molecule has 0 unspecified atom stereocenters. The van der Waals surface area contributed by atoms with Gasteiger partial charge in [-0.05, 0) is 85.4 Å². The Balaban J connectivity index is 1.18. The number of aromatic amines is 1. The van der Waals surface area contributed by atoms with Crippen LogP contribution < -0.4 is 11.1 Å². The summed E-state index contributed by atoms with van der Waals surface area (Å²) >= 11 is 1.40. The maximum Gasteiger partial charge on any atom is 0.434 e. The SMILES string of the molecule is O=C1c2c(nc(CCc3ccc(F)cc3)c(-c3n[nH]c(=O)o3)c2-c2cc3ccnc(N[C@@H]4CCc5nc(C(F)(F)F)ccc54)c3s2)[C@@H]2CCCN12. The van der Waals surface area contributed by atoms with Crippen LogP contribution >= 0.6 is 11.3 Å². The van der Waals surface area contributed by atoms with Crippen molar-refractivity contribution in [3.8, 4) is 21.9 Å². The molecule has 0 radical (unpaired) electrons. The van der Waals surface area contributed by atoms with Crippen LogP contribution in [0.2, 0.25) is 0 Å². The number of carbonyl (C=O) groups is 1. The number of nitrogens with one attached hydrogen (secondary N) is 2. The van der Waals surface area contributed by atoms with Gasteiger partial charge in [0, 0.05) is 28.9 Å². The first kappa shape index (κ1) is 31.5. The van der Waals surface area contributed by atoms with Gasteiger partial charge in [-0.15, -0.1) is 16.4 Å². The Bertz CT molecular complexity index is 2420. The molecule has 0 spiro atoms. The van der Waals surface area contributed by atoms with E-state index in [0.29, 0.717) is 82.3 Å². The second kappa shape index (κ2) is 11.8. The third-order valence-electron chi connectivity index (χ3n) is 9.90. The van der Waals surface area contributed by atoms with E-state index in [1.54, 1.807) is 18.3 Å². The number of hydrogen-bond donors (Lipinski definition) is 2. The van der Waals surface area contributed by atoms with Crippen LogP contribution in [0.15, 0.2) is 63.9 Å². The third-order valence-corrected chi connectivity index (χ3v) is 11.1. The number of halogens is 4. The van der Waals surface area contributed by atoms with Gasteiger partial charge in [0.15, 0.2) is 0 Å². The average Bonchev–Trinajstić information content (AvgIpc) is 3.95. The van der Waals surface area contributed by atoms with E-state index in [0.717, 1.165) is 34.6 Å². The molecule has 6 aromatic rings. The van der Waals surface area contributed by atoms with Gasteiger partial charge in [-0.2, -0.15) is 13.2 Å². The average molecular weight is 714 g/mol. The number of thiophene rings is 1. The Labute approximate surface area is 290 Å². The van der Waals surface area contributed by atoms with Gasteiger partial charge in [0.2, 0.25) is 0 Å². The zero-order valence-electron chi connectivity index (χ0n) is 26.7. The quantitative estimate of drug-likeness (QED) is 0.164. The number of rotatable bonds is 7. The summed E-state index contributed by atoms with van der Waals surface area (Å²) in [5.74, 6) is -0.701. The second-order valence-corrected chi connectivity index (χ2v) is 14.0. The molecule has 1 fully saturated rings. The third kappa shape index (κ3) is 5.37. The number of alkyl halides is 3. The first-order valence-electron chi connectivity index (χ1n) is 16.5. The normalized spacial score (nSPS) is 18.0. The van der Waals surface area contributed by atoms with E-state index < -0.39 is 17.6 Å². The summed E-state index contributed by atoms with van der Waals surface area (Å²) in [7, 11) is 0. The van der Waals surface area contributed by atoms with Gasteiger partial charge >= 0.3 is 11.9 Å². The minimum atomic E-state index is -4.52. The Morgan fingerprint density at radius 2 is 1.84 bits per heavy atom. The van der Waals surface area contributed by atoms with Crippen LogP contribution in [-0.2, 0) is 25.4 Å². The number of H-pyrrole nitrogens is 1. The lowest BCUT2D eigenvalue weighted by Crippen LogP contribution is -2.22. The molecule has 2 N–H and O–H groups in total. The largest absolute Gasteiger partial charge is 0.434 e. The zero-order valence-corrected chi connectivity index (χ0v) is 27.5. The first-order chi connectivity index (χ1) is 24.6. The maximum absolute atomic E-state index is 14.1. The van der Waals surface area contributed by atoms with Crippen molar-refractivity contribution in [3.05, 3.63) is 111 Å². The number of aryl methyl sites for hydroxylation is 3. The summed E-state index contributed by atoms with van der Waals surface area (Å²) in [6.45, 7) is 0.601. The van der Waals surface area contributed by atoms with Crippen LogP contribution in [0.5, 0.6) is 0 Å². The standard InChI is InChI=1S/C36H27F4N7O3S/c37-19-6-3-17(4-7-19)5-9-23-27(33-45-46-35(49)50-33)28(29-30(43-23)24-2-1-15-47(24)34(29)48)25-16-18-13-14-41-32(31(18)51-25)44-22-11-10-21-20(22)8-12-26(42-21)36(38,39)40/h3-4,6-8,12-14,16,22,24H,1-2,5,9-11,15H2,(H,41,44)(H,46,49)/t22-,24+/m1/s1. The molecule has 1 saturated heterocycles. The fourth-order valence-corrected chi connectivity index (χ4v) is 8.75. The van der Waals surface area contributed by atoms with Gasteiger partial charge in [0.25, 0.3) is 11.8 Å². The molecule has 10 nitrogen and oxygen atoms in total. The first-order valence-corrected chi connectivity index (χ1v) is 17.3. The Morgan fingerprint density at radius 1 is 1.00 bits per heavy atom. The predicted molar refractivity (Wildman–Crippen MR) is 180 cm³/mol. The summed E-state index contributed by atoms with van der Waals surface area (Å²) in [6.07, 6.45) is 0.588. The van der Waals surface area contributed by atoms with Crippen LogP contribution in [0.1, 0.15) is 75.6 Å². The summed E-state index contributed by atoms with van der Waals surface area (Å²) in [4.78, 5) is 42.6. The molecule has 7 heterocycles. The van der Waals surface area contributed by atoms with E-state index >= 15 is 0 Å². The lowest BCUT2D eigenvalue weighted by Gasteiger charge is -2.16. The van der Waals surface area contributed by atoms with Crippen LogP contribution in [0.25, 0.3) is 32.0 Å².